The lowest BCUT2D eigenvalue weighted by atomic mass is 9.97. The average Bonchev–Trinajstić information content (AvgIpc) is 3.50. The molecule has 0 atom stereocenters. The minimum absolute atomic E-state index is 0.211. The summed E-state index contributed by atoms with van der Waals surface area (Å²) in [7, 11) is -4.91. The highest BCUT2D eigenvalue weighted by Crippen LogP contribution is 2.56. The maximum Gasteiger partial charge on any atom is 0.647 e. The number of rotatable bonds is 15. The van der Waals surface area contributed by atoms with Crippen LogP contribution < -0.4 is 13.6 Å². The van der Waals surface area contributed by atoms with Gasteiger partial charge in [-0.25, -0.2) is 0 Å². The molecule has 0 aliphatic heterocycles. The third-order valence-corrected chi connectivity index (χ3v) is 14.1. The van der Waals surface area contributed by atoms with Gasteiger partial charge in [-0.3, -0.25) is 0 Å². The Morgan fingerprint density at radius 1 is 0.234 bits per heavy atom. The molecule has 77 heavy (non-hydrogen) atoms. The first-order chi connectivity index (χ1) is 38.0. The molecule has 0 N–H and O–H groups in total. The van der Waals surface area contributed by atoms with Gasteiger partial charge in [0.15, 0.2) is 0 Å². The van der Waals surface area contributed by atoms with Gasteiger partial charge < -0.3 is 13.6 Å². The Morgan fingerprint density at radius 3 is 0.805 bits per heavy atom. The van der Waals surface area contributed by atoms with Crippen molar-refractivity contribution in [2.75, 3.05) is 0 Å². The fraction of sp³-hybridized carbons (Fsp3) is 0. The molecule has 0 aliphatic rings. The van der Waals surface area contributed by atoms with Crippen LogP contribution in [0.1, 0.15) is 0 Å². The number of benzene rings is 12. The van der Waals surface area contributed by atoms with E-state index in [0.29, 0.717) is 50.8 Å². The summed E-state index contributed by atoms with van der Waals surface area (Å²) in [5.41, 5.74) is 7.83. The maximum atomic E-state index is 16.7. The molecule has 0 spiro atoms. The van der Waals surface area contributed by atoms with Gasteiger partial charge in [0.2, 0.25) is 0 Å². The van der Waals surface area contributed by atoms with Crippen LogP contribution in [0.2, 0.25) is 0 Å². The van der Waals surface area contributed by atoms with E-state index in [4.69, 9.17) is 13.6 Å². The van der Waals surface area contributed by atoms with Crippen LogP contribution in [0.4, 0.5) is 34.1 Å². The number of phosphoric acid groups is 1. The normalized spacial score (nSPS) is 12.4. The van der Waals surface area contributed by atoms with Crippen LogP contribution in [0.5, 0.6) is 17.2 Å². The second kappa shape index (κ2) is 21.7. The molecule has 0 radical (unpaired) electrons. The first-order valence-electron chi connectivity index (χ1n) is 24.9. The summed E-state index contributed by atoms with van der Waals surface area (Å²) in [5, 5.41) is 33.3. The maximum absolute atomic E-state index is 16.7. The molecule has 0 amide bonds. The largest absolute Gasteiger partial charge is 0.647 e. The van der Waals surface area contributed by atoms with E-state index in [9.17, 15) is 0 Å². The van der Waals surface area contributed by atoms with Crippen molar-refractivity contribution in [3.8, 4) is 50.6 Å². The Bertz CT molecular complexity index is 3800. The predicted molar refractivity (Wildman–Crippen MR) is 309 cm³/mol. The van der Waals surface area contributed by atoms with Crippen molar-refractivity contribution < 1.29 is 18.1 Å². The summed E-state index contributed by atoms with van der Waals surface area (Å²) in [6, 6.07) is 86.9. The molecule has 11 heteroatoms. The van der Waals surface area contributed by atoms with E-state index < -0.39 is 7.82 Å². The van der Waals surface area contributed by atoms with Gasteiger partial charge in [-0.05, 0) is 140 Å². The van der Waals surface area contributed by atoms with Crippen molar-refractivity contribution in [1.82, 2.24) is 0 Å². The molecule has 0 heterocycles. The smallest absolute Gasteiger partial charge is 0.385 e. The average molecular weight is 1020 g/mol. The molecule has 368 valence electrons. The highest BCUT2D eigenvalue weighted by atomic mass is 31.2. The second-order valence-corrected chi connectivity index (χ2v) is 19.4. The van der Waals surface area contributed by atoms with E-state index >= 15 is 4.57 Å². The molecule has 12 rings (SSSR count). The Kier molecular flexibility index (Phi) is 13.5. The Labute approximate surface area is 444 Å². The Balaban J connectivity index is 1.05. The van der Waals surface area contributed by atoms with Crippen molar-refractivity contribution in [3.63, 3.8) is 0 Å². The summed E-state index contributed by atoms with van der Waals surface area (Å²) < 4.78 is 37.5. The third kappa shape index (κ3) is 10.8. The highest BCUT2D eigenvalue weighted by molar-refractivity contribution is 7.49. The van der Waals surface area contributed by atoms with Crippen molar-refractivity contribution in [1.29, 1.82) is 0 Å². The van der Waals surface area contributed by atoms with Gasteiger partial charge in [-0.15, -0.1) is 0 Å². The molecule has 0 unspecified atom stereocenters. The summed E-state index contributed by atoms with van der Waals surface area (Å²) in [6.07, 6.45) is 0. The molecule has 0 bridgehead atoms. The number of nitrogens with zero attached hydrogens (tertiary/aromatic N) is 6. The zero-order chi connectivity index (χ0) is 51.8. The fourth-order valence-electron chi connectivity index (χ4n) is 9.24. The van der Waals surface area contributed by atoms with E-state index in [1.165, 1.54) is 0 Å². The molecule has 0 saturated carbocycles. The summed E-state index contributed by atoms with van der Waals surface area (Å²) in [5.74, 6) is 0.634. The summed E-state index contributed by atoms with van der Waals surface area (Å²) in [4.78, 5) is 0. The topological polar surface area (TPSA) is 119 Å². The minimum Gasteiger partial charge on any atom is -0.385 e. The van der Waals surface area contributed by atoms with E-state index in [-0.39, 0.29) is 17.2 Å². The number of fused-ring (bicyclic) bond motifs is 3. The summed E-state index contributed by atoms with van der Waals surface area (Å²) in [6.45, 7) is 0. The van der Waals surface area contributed by atoms with Crippen molar-refractivity contribution in [2.24, 2.45) is 30.7 Å². The first-order valence-corrected chi connectivity index (χ1v) is 26.4. The molecule has 12 aromatic rings. The first kappa shape index (κ1) is 47.8. The number of hydrogen-bond acceptors (Lipinski definition) is 10. The van der Waals surface area contributed by atoms with Crippen LogP contribution in [0.15, 0.2) is 304 Å². The van der Waals surface area contributed by atoms with Crippen molar-refractivity contribution in [2.45, 2.75) is 0 Å². The van der Waals surface area contributed by atoms with Gasteiger partial charge >= 0.3 is 7.82 Å². The molecule has 10 nitrogen and oxygen atoms in total. The predicted octanol–water partition coefficient (Wildman–Crippen LogP) is 21.0. The lowest BCUT2D eigenvalue weighted by Gasteiger charge is -2.24. The second-order valence-electron chi connectivity index (χ2n) is 17.9. The molecular formula is C66H45N6O4P. The van der Waals surface area contributed by atoms with Crippen LogP contribution in [-0.4, -0.2) is 0 Å². The lowest BCUT2D eigenvalue weighted by molar-refractivity contribution is 0.299. The molecular weight excluding hydrogens is 972 g/mol. The van der Waals surface area contributed by atoms with Crippen LogP contribution >= 0.6 is 7.82 Å². The monoisotopic (exact) mass is 1020 g/mol. The zero-order valence-electron chi connectivity index (χ0n) is 41.2. The van der Waals surface area contributed by atoms with Crippen LogP contribution in [0.3, 0.4) is 0 Å². The van der Waals surface area contributed by atoms with E-state index in [1.54, 1.807) is 36.4 Å². The van der Waals surface area contributed by atoms with E-state index in [0.717, 1.165) is 49.0 Å². The number of phosphoric ester groups is 1. The SMILES string of the molecule is O=P(Oc1ccc(N=Nc2ccccc2)cc1-c1cccc2ccccc12)(Oc1ccc(N=Nc2ccccc2)cc1-c1cccc2ccccc12)Oc1ccc(N=Nc2ccccc2)cc1-c1cccc2ccccc12. The van der Waals surface area contributed by atoms with Gasteiger partial charge in [0.25, 0.3) is 0 Å². The zero-order valence-corrected chi connectivity index (χ0v) is 42.1. The van der Waals surface area contributed by atoms with Gasteiger partial charge in [0.1, 0.15) is 17.2 Å². The van der Waals surface area contributed by atoms with Gasteiger partial charge in [0.05, 0.1) is 34.1 Å². The Morgan fingerprint density at radius 2 is 0.494 bits per heavy atom. The van der Waals surface area contributed by atoms with Crippen molar-refractivity contribution >= 4 is 74.3 Å². The van der Waals surface area contributed by atoms with Crippen molar-refractivity contribution in [3.05, 3.63) is 273 Å². The third-order valence-electron chi connectivity index (χ3n) is 12.9. The number of azo groups is 3. The summed E-state index contributed by atoms with van der Waals surface area (Å²) >= 11 is 0. The molecule has 12 aromatic carbocycles. The van der Waals surface area contributed by atoms with Crippen LogP contribution in [0.25, 0.3) is 65.7 Å². The molecule has 0 aliphatic carbocycles. The van der Waals surface area contributed by atoms with Gasteiger partial charge in [-0.1, -0.05) is 182 Å². The molecule has 0 aromatic heterocycles. The quantitative estimate of drug-likeness (QED) is 0.0750. The molecule has 0 fully saturated rings. The minimum atomic E-state index is -4.91. The lowest BCUT2D eigenvalue weighted by Crippen LogP contribution is -2.09. The van der Waals surface area contributed by atoms with Gasteiger partial charge in [0, 0.05) is 16.7 Å². The van der Waals surface area contributed by atoms with E-state index in [1.807, 2.05) is 237 Å². The molecule has 0 saturated heterocycles. The Hall–Kier alpha value is -10.2. The van der Waals surface area contributed by atoms with Crippen LogP contribution in [-0.2, 0) is 4.57 Å². The van der Waals surface area contributed by atoms with E-state index in [2.05, 4.69) is 30.7 Å². The standard InChI is InChI=1S/C66H45N6O4P/c73-77(74-64-40-37-52(70-67-49-25-4-1-5-26-49)43-61(64)58-34-16-22-46-19-10-13-31-55(46)58,75-65-41-38-53(71-68-50-27-6-2-7-28-50)44-62(65)59-35-17-23-47-20-11-14-32-56(47)59)76-66-42-39-54(72-69-51-29-8-3-9-30-51)45-63(66)60-36-18-24-48-21-12-15-33-57(48)60/h1-45H. The fourth-order valence-corrected chi connectivity index (χ4v) is 10.6. The van der Waals surface area contributed by atoms with Crippen LogP contribution in [0, 0.1) is 0 Å². The number of hydrogen-bond donors (Lipinski definition) is 0. The van der Waals surface area contributed by atoms with Gasteiger partial charge in [-0.2, -0.15) is 35.3 Å². The highest BCUT2D eigenvalue weighted by Gasteiger charge is 2.37.